The lowest BCUT2D eigenvalue weighted by atomic mass is 10.1. The Hall–Kier alpha value is -0.770. The number of likely N-dealkylation sites (tertiary alicyclic amines) is 1. The molecule has 0 aromatic rings. The zero-order chi connectivity index (χ0) is 14.8. The molecule has 1 amide bonds. The number of amides is 1. The summed E-state index contributed by atoms with van der Waals surface area (Å²) in [7, 11) is 0. The molecule has 0 unspecified atom stereocenters. The first-order chi connectivity index (χ1) is 9.42. The monoisotopic (exact) mass is 282 g/mol. The summed E-state index contributed by atoms with van der Waals surface area (Å²) < 4.78 is 5.53. The van der Waals surface area contributed by atoms with Gasteiger partial charge in [0.25, 0.3) is 0 Å². The van der Waals surface area contributed by atoms with Gasteiger partial charge < -0.3 is 9.64 Å². The Morgan fingerprint density at radius 2 is 1.80 bits per heavy atom. The molecule has 2 fully saturated rings. The van der Waals surface area contributed by atoms with Crippen molar-refractivity contribution < 1.29 is 9.53 Å². The van der Waals surface area contributed by atoms with Gasteiger partial charge in [-0.1, -0.05) is 19.8 Å². The van der Waals surface area contributed by atoms with Gasteiger partial charge in [0.1, 0.15) is 5.60 Å². The Balaban J connectivity index is 1.88. The lowest BCUT2D eigenvalue weighted by molar-refractivity contribution is 0.0384. The highest BCUT2D eigenvalue weighted by molar-refractivity contribution is 5.72. The van der Waals surface area contributed by atoms with E-state index in [0.29, 0.717) is 12.1 Å². The molecule has 20 heavy (non-hydrogen) atoms. The summed E-state index contributed by atoms with van der Waals surface area (Å²) in [5, 5.41) is 0. The molecule has 2 heterocycles. The van der Waals surface area contributed by atoms with E-state index in [0.717, 1.165) is 19.4 Å². The van der Waals surface area contributed by atoms with Gasteiger partial charge in [0.05, 0.1) is 12.1 Å². The second kappa shape index (κ2) is 6.33. The summed E-state index contributed by atoms with van der Waals surface area (Å²) in [4.78, 5) is 16.7. The summed E-state index contributed by atoms with van der Waals surface area (Å²) in [5.41, 5.74) is -0.397. The third-order valence-corrected chi connectivity index (χ3v) is 4.15. The maximum absolute atomic E-state index is 12.2. The average Bonchev–Trinajstić information content (AvgIpc) is 3.02. The van der Waals surface area contributed by atoms with Crippen molar-refractivity contribution in [2.24, 2.45) is 0 Å². The van der Waals surface area contributed by atoms with Gasteiger partial charge in [-0.25, -0.2) is 4.79 Å². The normalized spacial score (nSPS) is 27.5. The first-order valence-corrected chi connectivity index (χ1v) is 8.16. The van der Waals surface area contributed by atoms with Gasteiger partial charge in [0.2, 0.25) is 0 Å². The number of rotatable bonds is 4. The highest BCUT2D eigenvalue weighted by atomic mass is 16.6. The summed E-state index contributed by atoms with van der Waals surface area (Å²) in [6, 6.07) is 0.777. The number of hydrogen-bond acceptors (Lipinski definition) is 3. The van der Waals surface area contributed by atoms with E-state index >= 15 is 0 Å². The standard InChI is InChI=1S/C16H30N2O2/c1-5-9-13-14(12-17-10-7-6-8-11-17)18(13)15(19)20-16(2,3)4/h13-14H,5-12H2,1-4H3/t13-,14-,18?/m0/s1. The maximum Gasteiger partial charge on any atom is 0.410 e. The van der Waals surface area contributed by atoms with E-state index in [1.807, 2.05) is 25.7 Å². The second-order valence-corrected chi connectivity index (χ2v) is 7.17. The smallest absolute Gasteiger partial charge is 0.410 e. The minimum atomic E-state index is -0.397. The molecular formula is C16H30N2O2. The van der Waals surface area contributed by atoms with Crippen molar-refractivity contribution >= 4 is 6.09 Å². The van der Waals surface area contributed by atoms with Crippen molar-refractivity contribution in [3.63, 3.8) is 0 Å². The van der Waals surface area contributed by atoms with Crippen molar-refractivity contribution in [1.82, 2.24) is 9.80 Å². The molecule has 0 N–H and O–H groups in total. The van der Waals surface area contributed by atoms with Gasteiger partial charge in [-0.15, -0.1) is 0 Å². The average molecular weight is 282 g/mol. The Morgan fingerprint density at radius 3 is 2.35 bits per heavy atom. The van der Waals surface area contributed by atoms with Crippen LogP contribution in [0.1, 0.15) is 59.8 Å². The van der Waals surface area contributed by atoms with E-state index < -0.39 is 5.60 Å². The highest BCUT2D eigenvalue weighted by Crippen LogP contribution is 2.35. The Kier molecular flexibility index (Phi) is 4.95. The summed E-state index contributed by atoms with van der Waals surface area (Å²) in [6.45, 7) is 11.4. The lowest BCUT2D eigenvalue weighted by Gasteiger charge is -2.26. The molecule has 0 aromatic heterocycles. The van der Waals surface area contributed by atoms with E-state index in [2.05, 4.69) is 11.8 Å². The van der Waals surface area contributed by atoms with Crippen LogP contribution in [0, 0.1) is 0 Å². The number of carbonyl (C=O) groups is 1. The molecular weight excluding hydrogens is 252 g/mol. The van der Waals surface area contributed by atoms with Crippen LogP contribution < -0.4 is 0 Å². The Bertz CT molecular complexity index is 332. The first kappa shape index (κ1) is 15.6. The number of hydrogen-bond donors (Lipinski definition) is 0. The minimum Gasteiger partial charge on any atom is -0.444 e. The van der Waals surface area contributed by atoms with Crippen LogP contribution in [0.5, 0.6) is 0 Å². The van der Waals surface area contributed by atoms with Crippen molar-refractivity contribution in [3.8, 4) is 0 Å². The zero-order valence-corrected chi connectivity index (χ0v) is 13.5. The van der Waals surface area contributed by atoms with E-state index in [4.69, 9.17) is 4.74 Å². The SMILES string of the molecule is CCC[C@H]1[C@H](CN2CCCCC2)N1C(=O)OC(C)(C)C. The molecule has 2 rings (SSSR count). The molecule has 0 aliphatic carbocycles. The number of nitrogens with zero attached hydrogens (tertiary/aromatic N) is 2. The van der Waals surface area contributed by atoms with Crippen LogP contribution in [-0.2, 0) is 4.74 Å². The molecule has 2 aliphatic rings. The van der Waals surface area contributed by atoms with Crippen molar-refractivity contribution in [2.75, 3.05) is 19.6 Å². The van der Waals surface area contributed by atoms with Gasteiger partial charge in [0.15, 0.2) is 0 Å². The predicted molar refractivity (Wildman–Crippen MR) is 80.8 cm³/mol. The summed E-state index contributed by atoms with van der Waals surface area (Å²) >= 11 is 0. The molecule has 0 bridgehead atoms. The zero-order valence-electron chi connectivity index (χ0n) is 13.5. The molecule has 2 atom stereocenters. The largest absolute Gasteiger partial charge is 0.444 e. The topological polar surface area (TPSA) is 32.5 Å². The van der Waals surface area contributed by atoms with Crippen LogP contribution in [-0.4, -0.2) is 53.2 Å². The second-order valence-electron chi connectivity index (χ2n) is 7.17. The number of ether oxygens (including phenoxy) is 1. The fourth-order valence-electron chi connectivity index (χ4n) is 3.16. The minimum absolute atomic E-state index is 0.127. The molecule has 0 aromatic carbocycles. The highest BCUT2D eigenvalue weighted by Gasteiger charge is 2.52. The molecule has 4 heteroatoms. The molecule has 0 spiro atoms. The molecule has 0 radical (unpaired) electrons. The van der Waals surface area contributed by atoms with E-state index in [9.17, 15) is 4.79 Å². The summed E-state index contributed by atoms with van der Waals surface area (Å²) in [5.74, 6) is 0. The van der Waals surface area contributed by atoms with Crippen LogP contribution >= 0.6 is 0 Å². The van der Waals surface area contributed by atoms with Gasteiger partial charge in [0, 0.05) is 6.54 Å². The van der Waals surface area contributed by atoms with Crippen LogP contribution in [0.3, 0.4) is 0 Å². The van der Waals surface area contributed by atoms with Crippen LogP contribution in [0.2, 0.25) is 0 Å². The fourth-order valence-corrected chi connectivity index (χ4v) is 3.16. The van der Waals surface area contributed by atoms with Gasteiger partial charge in [-0.3, -0.25) is 4.90 Å². The van der Waals surface area contributed by atoms with Crippen LogP contribution in [0.4, 0.5) is 4.79 Å². The molecule has 0 saturated carbocycles. The number of carbonyl (C=O) groups excluding carboxylic acids is 1. The van der Waals surface area contributed by atoms with Gasteiger partial charge in [-0.05, 0) is 53.1 Å². The van der Waals surface area contributed by atoms with E-state index in [1.165, 1.54) is 32.4 Å². The van der Waals surface area contributed by atoms with Gasteiger partial charge in [-0.2, -0.15) is 0 Å². The van der Waals surface area contributed by atoms with Crippen molar-refractivity contribution in [1.29, 1.82) is 0 Å². The van der Waals surface area contributed by atoms with Crippen molar-refractivity contribution in [2.45, 2.75) is 77.5 Å². The third-order valence-electron chi connectivity index (χ3n) is 4.15. The first-order valence-electron chi connectivity index (χ1n) is 8.16. The van der Waals surface area contributed by atoms with Crippen LogP contribution in [0.15, 0.2) is 0 Å². The molecule has 116 valence electrons. The quantitative estimate of drug-likeness (QED) is 0.742. The fraction of sp³-hybridized carbons (Fsp3) is 0.938. The van der Waals surface area contributed by atoms with Crippen molar-refractivity contribution in [3.05, 3.63) is 0 Å². The third kappa shape index (κ3) is 4.11. The van der Waals surface area contributed by atoms with Crippen LogP contribution in [0.25, 0.3) is 0 Å². The summed E-state index contributed by atoms with van der Waals surface area (Å²) in [6.07, 6.45) is 6.06. The Labute approximate surface area is 123 Å². The van der Waals surface area contributed by atoms with Gasteiger partial charge >= 0.3 is 6.09 Å². The number of piperidine rings is 1. The Morgan fingerprint density at radius 1 is 1.15 bits per heavy atom. The molecule has 2 aliphatic heterocycles. The predicted octanol–water partition coefficient (Wildman–Crippen LogP) is 3.26. The lowest BCUT2D eigenvalue weighted by Crippen LogP contribution is -2.35. The molecule has 2 saturated heterocycles. The van der Waals surface area contributed by atoms with E-state index in [1.54, 1.807) is 0 Å². The molecule has 4 nitrogen and oxygen atoms in total. The maximum atomic E-state index is 12.2. The van der Waals surface area contributed by atoms with E-state index in [-0.39, 0.29) is 6.09 Å².